The highest BCUT2D eigenvalue weighted by Crippen LogP contribution is 2.30. The van der Waals surface area contributed by atoms with Crippen molar-refractivity contribution in [3.8, 4) is 0 Å². The molecular weight excluding hydrogens is 274 g/mol. The van der Waals surface area contributed by atoms with Crippen LogP contribution in [0.4, 0.5) is 0 Å². The van der Waals surface area contributed by atoms with Crippen LogP contribution >= 0.6 is 11.6 Å². The fourth-order valence-electron chi connectivity index (χ4n) is 3.11. The van der Waals surface area contributed by atoms with Gasteiger partial charge in [-0.05, 0) is 26.7 Å². The van der Waals surface area contributed by atoms with E-state index in [0.717, 1.165) is 43.6 Å². The molecule has 1 heterocycles. The minimum Gasteiger partial charge on any atom is -0.325 e. The molecule has 20 heavy (non-hydrogen) atoms. The molecule has 0 aliphatic heterocycles. The summed E-state index contributed by atoms with van der Waals surface area (Å²) in [6.45, 7) is 4.60. The van der Waals surface area contributed by atoms with E-state index < -0.39 is 0 Å². The Morgan fingerprint density at radius 3 is 2.65 bits per heavy atom. The second-order valence-electron chi connectivity index (χ2n) is 5.98. The van der Waals surface area contributed by atoms with Crippen molar-refractivity contribution in [1.82, 2.24) is 9.78 Å². The zero-order valence-corrected chi connectivity index (χ0v) is 13.2. The van der Waals surface area contributed by atoms with Crippen LogP contribution in [0.25, 0.3) is 0 Å². The van der Waals surface area contributed by atoms with E-state index in [4.69, 9.17) is 17.3 Å². The van der Waals surface area contributed by atoms with E-state index >= 15 is 0 Å². The molecule has 1 fully saturated rings. The third-order valence-electron chi connectivity index (χ3n) is 4.22. The van der Waals surface area contributed by atoms with Crippen molar-refractivity contribution in [3.63, 3.8) is 0 Å². The quantitative estimate of drug-likeness (QED) is 0.908. The maximum Gasteiger partial charge on any atom is 0.140 e. The summed E-state index contributed by atoms with van der Waals surface area (Å²) in [5, 5.41) is 4.97. The maximum absolute atomic E-state index is 12.3. The number of carbonyl (C=O) groups is 1. The third kappa shape index (κ3) is 3.41. The number of nitrogens with two attached hydrogens (primary N) is 1. The largest absolute Gasteiger partial charge is 0.325 e. The van der Waals surface area contributed by atoms with E-state index in [9.17, 15) is 4.79 Å². The van der Waals surface area contributed by atoms with Gasteiger partial charge in [-0.15, -0.1) is 0 Å². The van der Waals surface area contributed by atoms with Crippen LogP contribution in [0.15, 0.2) is 0 Å². The van der Waals surface area contributed by atoms with Crippen molar-refractivity contribution in [1.29, 1.82) is 0 Å². The van der Waals surface area contributed by atoms with E-state index in [1.165, 1.54) is 6.42 Å². The van der Waals surface area contributed by atoms with Gasteiger partial charge in [0.1, 0.15) is 5.78 Å². The van der Waals surface area contributed by atoms with Gasteiger partial charge < -0.3 is 5.73 Å². The van der Waals surface area contributed by atoms with Crippen LogP contribution in [0.2, 0.25) is 5.02 Å². The Balaban J connectivity index is 2.04. The molecule has 4 nitrogen and oxygen atoms in total. The predicted octanol–water partition coefficient (Wildman–Crippen LogP) is 3.03. The molecule has 2 rings (SSSR count). The van der Waals surface area contributed by atoms with Crippen molar-refractivity contribution in [2.45, 2.75) is 70.9 Å². The van der Waals surface area contributed by atoms with Crippen LogP contribution in [-0.2, 0) is 17.8 Å². The van der Waals surface area contributed by atoms with Crippen molar-refractivity contribution < 1.29 is 4.79 Å². The van der Waals surface area contributed by atoms with Gasteiger partial charge in [-0.3, -0.25) is 9.48 Å². The highest BCUT2D eigenvalue weighted by Gasteiger charge is 2.30. The summed E-state index contributed by atoms with van der Waals surface area (Å²) in [7, 11) is 0. The standard InChI is InChI=1S/C15H24ClN3O/c1-3-19-13(14(16)11(2)18-19)9-12(20)10-15(17)7-5-4-6-8-15/h3-10,17H2,1-2H3. The highest BCUT2D eigenvalue weighted by molar-refractivity contribution is 6.32. The summed E-state index contributed by atoms with van der Waals surface area (Å²) in [4.78, 5) is 12.3. The van der Waals surface area contributed by atoms with E-state index in [1.807, 2.05) is 18.5 Å². The predicted molar refractivity (Wildman–Crippen MR) is 81.0 cm³/mol. The van der Waals surface area contributed by atoms with Crippen LogP contribution < -0.4 is 5.73 Å². The summed E-state index contributed by atoms with van der Waals surface area (Å²) >= 11 is 6.25. The number of hydrogen-bond acceptors (Lipinski definition) is 3. The SMILES string of the molecule is CCn1nc(C)c(Cl)c1CC(=O)CC1(N)CCCCC1. The minimum absolute atomic E-state index is 0.172. The Morgan fingerprint density at radius 2 is 2.05 bits per heavy atom. The molecule has 0 bridgehead atoms. The molecule has 0 spiro atoms. The van der Waals surface area contributed by atoms with Gasteiger partial charge in [0.2, 0.25) is 0 Å². The molecule has 0 amide bonds. The number of Topliss-reactive ketones (excluding diaryl/α,β-unsaturated/α-hetero) is 1. The molecule has 1 aromatic rings. The zero-order chi connectivity index (χ0) is 14.8. The number of ketones is 1. The zero-order valence-electron chi connectivity index (χ0n) is 12.4. The lowest BCUT2D eigenvalue weighted by Gasteiger charge is -2.32. The van der Waals surface area contributed by atoms with Crippen LogP contribution in [0.5, 0.6) is 0 Å². The molecule has 1 aliphatic carbocycles. The number of aromatic nitrogens is 2. The monoisotopic (exact) mass is 297 g/mol. The van der Waals surface area contributed by atoms with Crippen LogP contribution in [0.3, 0.4) is 0 Å². The molecule has 5 heteroatoms. The van der Waals surface area contributed by atoms with Crippen LogP contribution in [0.1, 0.15) is 56.8 Å². The van der Waals surface area contributed by atoms with Crippen molar-refractivity contribution in [2.24, 2.45) is 5.73 Å². The number of halogens is 1. The summed E-state index contributed by atoms with van der Waals surface area (Å²) in [6.07, 6.45) is 6.22. The lowest BCUT2D eigenvalue weighted by Crippen LogP contribution is -2.43. The second kappa shape index (κ2) is 6.27. The molecule has 1 saturated carbocycles. The smallest absolute Gasteiger partial charge is 0.140 e. The van der Waals surface area contributed by atoms with Crippen molar-refractivity contribution in [2.75, 3.05) is 0 Å². The lowest BCUT2D eigenvalue weighted by molar-refractivity contribution is -0.120. The Hall–Kier alpha value is -0.870. The molecule has 1 aromatic heterocycles. The van der Waals surface area contributed by atoms with Gasteiger partial charge in [-0.25, -0.2) is 0 Å². The minimum atomic E-state index is -0.298. The van der Waals surface area contributed by atoms with E-state index in [0.29, 0.717) is 17.9 Å². The van der Waals surface area contributed by atoms with Gasteiger partial charge in [-0.2, -0.15) is 5.10 Å². The van der Waals surface area contributed by atoms with E-state index in [-0.39, 0.29) is 11.3 Å². The normalized spacial score (nSPS) is 18.2. The molecule has 0 saturated heterocycles. The van der Waals surface area contributed by atoms with Crippen molar-refractivity contribution >= 4 is 17.4 Å². The maximum atomic E-state index is 12.3. The van der Waals surface area contributed by atoms with Crippen LogP contribution in [0, 0.1) is 6.92 Å². The summed E-state index contributed by atoms with van der Waals surface area (Å²) in [5.41, 5.74) is 7.67. The van der Waals surface area contributed by atoms with Gasteiger partial charge in [-0.1, -0.05) is 30.9 Å². The number of aryl methyl sites for hydroxylation is 2. The first kappa shape index (κ1) is 15.5. The summed E-state index contributed by atoms with van der Waals surface area (Å²) in [6, 6.07) is 0. The van der Waals surface area contributed by atoms with Gasteiger partial charge in [0, 0.05) is 24.9 Å². The number of rotatable bonds is 5. The fraction of sp³-hybridized carbons (Fsp3) is 0.733. The van der Waals surface area contributed by atoms with Gasteiger partial charge in [0.15, 0.2) is 0 Å². The molecule has 2 N–H and O–H groups in total. The molecule has 1 aliphatic rings. The molecule has 0 aromatic carbocycles. The van der Waals surface area contributed by atoms with Crippen molar-refractivity contribution in [3.05, 3.63) is 16.4 Å². The number of hydrogen-bond donors (Lipinski definition) is 1. The molecular formula is C15H24ClN3O. The average molecular weight is 298 g/mol. The third-order valence-corrected chi connectivity index (χ3v) is 4.71. The van der Waals surface area contributed by atoms with Gasteiger partial charge in [0.05, 0.1) is 16.4 Å². The topological polar surface area (TPSA) is 60.9 Å². The lowest BCUT2D eigenvalue weighted by atomic mass is 9.78. The Kier molecular flexibility index (Phi) is 4.86. The Labute approximate surface area is 125 Å². The second-order valence-corrected chi connectivity index (χ2v) is 6.36. The highest BCUT2D eigenvalue weighted by atomic mass is 35.5. The first-order valence-corrected chi connectivity index (χ1v) is 7.85. The number of carbonyl (C=O) groups excluding carboxylic acids is 1. The molecule has 0 radical (unpaired) electrons. The van der Waals surface area contributed by atoms with Gasteiger partial charge >= 0.3 is 0 Å². The van der Waals surface area contributed by atoms with E-state index in [2.05, 4.69) is 5.10 Å². The first-order chi connectivity index (χ1) is 9.45. The van der Waals surface area contributed by atoms with Crippen LogP contribution in [-0.4, -0.2) is 21.1 Å². The molecule has 0 unspecified atom stereocenters. The van der Waals surface area contributed by atoms with Gasteiger partial charge in [0.25, 0.3) is 0 Å². The number of nitrogens with zero attached hydrogens (tertiary/aromatic N) is 2. The molecule has 112 valence electrons. The Morgan fingerprint density at radius 1 is 1.40 bits per heavy atom. The summed E-state index contributed by atoms with van der Waals surface area (Å²) in [5.74, 6) is 0.172. The fourth-order valence-corrected chi connectivity index (χ4v) is 3.31. The summed E-state index contributed by atoms with van der Waals surface area (Å²) < 4.78 is 1.82. The Bertz CT molecular complexity index is 490. The van der Waals surface area contributed by atoms with E-state index in [1.54, 1.807) is 0 Å². The molecule has 0 atom stereocenters. The first-order valence-electron chi connectivity index (χ1n) is 7.47. The average Bonchev–Trinajstić information content (AvgIpc) is 2.66.